The summed E-state index contributed by atoms with van der Waals surface area (Å²) >= 11 is 1.37. The third-order valence-electron chi connectivity index (χ3n) is 3.45. The van der Waals surface area contributed by atoms with Gasteiger partial charge >= 0.3 is 0 Å². The highest BCUT2D eigenvalue weighted by molar-refractivity contribution is 7.15. The Morgan fingerprint density at radius 1 is 1.45 bits per heavy atom. The van der Waals surface area contributed by atoms with Crippen molar-refractivity contribution in [3.05, 3.63) is 34.8 Å². The van der Waals surface area contributed by atoms with E-state index in [1.165, 1.54) is 11.3 Å². The second-order valence-electron chi connectivity index (χ2n) is 4.98. The molecular weight excluding hydrogens is 302 g/mol. The number of aromatic nitrogens is 2. The average molecular weight is 319 g/mol. The summed E-state index contributed by atoms with van der Waals surface area (Å²) in [6.07, 6.45) is 1.95. The molecule has 1 saturated heterocycles. The van der Waals surface area contributed by atoms with Gasteiger partial charge in [0, 0.05) is 18.6 Å². The van der Waals surface area contributed by atoms with Crippen LogP contribution in [0.5, 0.6) is 5.75 Å². The third kappa shape index (κ3) is 3.42. The molecule has 1 amide bonds. The van der Waals surface area contributed by atoms with Crippen molar-refractivity contribution in [3.8, 4) is 5.75 Å². The molecule has 7 heteroatoms. The highest BCUT2D eigenvalue weighted by Gasteiger charge is 2.24. The summed E-state index contributed by atoms with van der Waals surface area (Å²) in [6, 6.07) is 7.79. The van der Waals surface area contributed by atoms with E-state index in [1.54, 1.807) is 7.11 Å². The van der Waals surface area contributed by atoms with Crippen LogP contribution in [0.1, 0.15) is 23.4 Å². The standard InChI is InChI=1S/C15H17N3O3S/c1-20-11-6-3-2-5-10(11)9-13-17-18-15(22-13)16-14(19)12-7-4-8-21-12/h2-3,5-6,12H,4,7-9H2,1H3,(H,16,18,19)/t12-/m1/s1. The van der Waals surface area contributed by atoms with Crippen LogP contribution in [-0.4, -0.2) is 35.9 Å². The number of amides is 1. The Morgan fingerprint density at radius 2 is 2.32 bits per heavy atom. The molecule has 22 heavy (non-hydrogen) atoms. The fourth-order valence-electron chi connectivity index (χ4n) is 2.36. The van der Waals surface area contributed by atoms with Gasteiger partial charge in [-0.25, -0.2) is 0 Å². The van der Waals surface area contributed by atoms with Crippen LogP contribution >= 0.6 is 11.3 Å². The van der Waals surface area contributed by atoms with E-state index in [0.717, 1.165) is 29.2 Å². The number of nitrogens with one attached hydrogen (secondary N) is 1. The van der Waals surface area contributed by atoms with Crippen LogP contribution in [0.25, 0.3) is 0 Å². The first kappa shape index (κ1) is 14.9. The maximum absolute atomic E-state index is 12.0. The molecule has 2 aromatic rings. The van der Waals surface area contributed by atoms with E-state index in [2.05, 4.69) is 15.5 Å². The topological polar surface area (TPSA) is 73.3 Å². The van der Waals surface area contributed by atoms with Crippen LogP contribution in [0.15, 0.2) is 24.3 Å². The maximum atomic E-state index is 12.0. The van der Waals surface area contributed by atoms with E-state index >= 15 is 0 Å². The summed E-state index contributed by atoms with van der Waals surface area (Å²) in [4.78, 5) is 12.0. The van der Waals surface area contributed by atoms with Crippen molar-refractivity contribution in [2.24, 2.45) is 0 Å². The molecule has 0 spiro atoms. The van der Waals surface area contributed by atoms with Crippen molar-refractivity contribution in [2.75, 3.05) is 19.0 Å². The lowest BCUT2D eigenvalue weighted by Gasteiger charge is -2.07. The number of nitrogens with zero attached hydrogens (tertiary/aromatic N) is 2. The van der Waals surface area contributed by atoms with Crippen LogP contribution in [0.4, 0.5) is 5.13 Å². The van der Waals surface area contributed by atoms with Gasteiger partial charge in [-0.1, -0.05) is 29.5 Å². The summed E-state index contributed by atoms with van der Waals surface area (Å²) in [6.45, 7) is 0.646. The normalized spacial score (nSPS) is 17.4. The molecule has 6 nitrogen and oxygen atoms in total. The molecule has 1 aromatic heterocycles. The monoisotopic (exact) mass is 319 g/mol. The summed E-state index contributed by atoms with van der Waals surface area (Å²) < 4.78 is 10.7. The van der Waals surface area contributed by atoms with E-state index in [9.17, 15) is 4.79 Å². The number of hydrogen-bond acceptors (Lipinski definition) is 6. The highest BCUT2D eigenvalue weighted by Crippen LogP contribution is 2.24. The molecule has 116 valence electrons. The molecule has 0 unspecified atom stereocenters. The van der Waals surface area contributed by atoms with Crippen molar-refractivity contribution in [1.29, 1.82) is 0 Å². The van der Waals surface area contributed by atoms with Gasteiger partial charge in [0.1, 0.15) is 16.9 Å². The minimum atomic E-state index is -0.360. The van der Waals surface area contributed by atoms with Gasteiger partial charge in [0.25, 0.3) is 5.91 Å². The number of rotatable bonds is 5. The smallest absolute Gasteiger partial charge is 0.255 e. The van der Waals surface area contributed by atoms with E-state index in [-0.39, 0.29) is 12.0 Å². The first-order valence-corrected chi connectivity index (χ1v) is 7.94. The van der Waals surface area contributed by atoms with Crippen LogP contribution in [0.3, 0.4) is 0 Å². The molecular formula is C15H17N3O3S. The maximum Gasteiger partial charge on any atom is 0.255 e. The summed E-state index contributed by atoms with van der Waals surface area (Å²) in [5, 5.41) is 12.2. The molecule has 1 aliphatic heterocycles. The highest BCUT2D eigenvalue weighted by atomic mass is 32.1. The van der Waals surface area contributed by atoms with E-state index in [1.807, 2.05) is 24.3 Å². The van der Waals surface area contributed by atoms with Gasteiger partial charge in [0.05, 0.1) is 7.11 Å². The molecule has 0 saturated carbocycles. The van der Waals surface area contributed by atoms with Crippen LogP contribution < -0.4 is 10.1 Å². The lowest BCUT2D eigenvalue weighted by atomic mass is 10.1. The minimum Gasteiger partial charge on any atom is -0.496 e. The SMILES string of the molecule is COc1ccccc1Cc1nnc(NC(=O)[C@H]2CCCO2)s1. The van der Waals surface area contributed by atoms with E-state index < -0.39 is 0 Å². The number of benzene rings is 1. The zero-order chi connectivity index (χ0) is 15.4. The molecule has 1 aromatic carbocycles. The summed E-state index contributed by atoms with van der Waals surface area (Å²) in [5.41, 5.74) is 1.04. The molecule has 1 atom stereocenters. The average Bonchev–Trinajstić information content (AvgIpc) is 3.20. The molecule has 0 bridgehead atoms. The molecule has 1 fully saturated rings. The summed E-state index contributed by atoms with van der Waals surface area (Å²) in [7, 11) is 1.65. The molecule has 0 radical (unpaired) electrons. The Morgan fingerprint density at radius 3 is 3.09 bits per heavy atom. The zero-order valence-electron chi connectivity index (χ0n) is 12.2. The number of carbonyl (C=O) groups excluding carboxylic acids is 1. The van der Waals surface area contributed by atoms with Crippen molar-refractivity contribution >= 4 is 22.4 Å². The number of para-hydroxylation sites is 1. The van der Waals surface area contributed by atoms with Crippen LogP contribution in [0.2, 0.25) is 0 Å². The molecule has 1 N–H and O–H groups in total. The van der Waals surface area contributed by atoms with Gasteiger partial charge < -0.3 is 9.47 Å². The van der Waals surface area contributed by atoms with Crippen molar-refractivity contribution in [2.45, 2.75) is 25.4 Å². The predicted octanol–water partition coefficient (Wildman–Crippen LogP) is 2.25. The number of anilines is 1. The van der Waals surface area contributed by atoms with Crippen molar-refractivity contribution < 1.29 is 14.3 Å². The number of ether oxygens (including phenoxy) is 2. The molecule has 0 aliphatic carbocycles. The summed E-state index contributed by atoms with van der Waals surface area (Å²) in [5.74, 6) is 0.681. The zero-order valence-corrected chi connectivity index (χ0v) is 13.1. The van der Waals surface area contributed by atoms with Crippen LogP contribution in [0, 0.1) is 0 Å². The lowest BCUT2D eigenvalue weighted by molar-refractivity contribution is -0.124. The van der Waals surface area contributed by atoms with Gasteiger partial charge in [-0.15, -0.1) is 10.2 Å². The third-order valence-corrected chi connectivity index (χ3v) is 4.29. The quantitative estimate of drug-likeness (QED) is 0.915. The van der Waals surface area contributed by atoms with Gasteiger partial charge in [-0.3, -0.25) is 10.1 Å². The van der Waals surface area contributed by atoms with Crippen molar-refractivity contribution in [3.63, 3.8) is 0 Å². The lowest BCUT2D eigenvalue weighted by Crippen LogP contribution is -2.26. The number of methoxy groups -OCH3 is 1. The second-order valence-corrected chi connectivity index (χ2v) is 6.04. The Bertz CT molecular complexity index is 653. The Hall–Kier alpha value is -1.99. The predicted molar refractivity (Wildman–Crippen MR) is 83.3 cm³/mol. The second kappa shape index (κ2) is 6.85. The minimum absolute atomic E-state index is 0.141. The Labute approximate surface area is 132 Å². The fraction of sp³-hybridized carbons (Fsp3) is 0.400. The molecule has 2 heterocycles. The van der Waals surface area contributed by atoms with Gasteiger partial charge in [-0.2, -0.15) is 0 Å². The first-order valence-electron chi connectivity index (χ1n) is 7.13. The number of hydrogen-bond donors (Lipinski definition) is 1. The number of carbonyl (C=O) groups is 1. The fourth-order valence-corrected chi connectivity index (χ4v) is 3.12. The Kier molecular flexibility index (Phi) is 4.65. The molecule has 3 rings (SSSR count). The van der Waals surface area contributed by atoms with Gasteiger partial charge in [-0.05, 0) is 18.9 Å². The van der Waals surface area contributed by atoms with Crippen molar-refractivity contribution in [1.82, 2.24) is 10.2 Å². The first-order chi connectivity index (χ1) is 10.8. The Balaban J connectivity index is 1.64. The van der Waals surface area contributed by atoms with E-state index in [4.69, 9.17) is 9.47 Å². The largest absolute Gasteiger partial charge is 0.496 e. The molecule has 1 aliphatic rings. The van der Waals surface area contributed by atoms with Crippen LogP contribution in [-0.2, 0) is 16.0 Å². The van der Waals surface area contributed by atoms with Gasteiger partial charge in [0.15, 0.2) is 0 Å². The van der Waals surface area contributed by atoms with Gasteiger partial charge in [0.2, 0.25) is 5.13 Å². The van der Waals surface area contributed by atoms with E-state index in [0.29, 0.717) is 18.2 Å².